The molecule has 1 saturated heterocycles. The SMILES string of the molecule is CCCNC1CCN(CCc2ccncc2)C1. The summed E-state index contributed by atoms with van der Waals surface area (Å²) in [6.07, 6.45) is 7.43. The molecule has 3 heteroatoms. The van der Waals surface area contributed by atoms with Crippen molar-refractivity contribution in [3.05, 3.63) is 30.1 Å². The Morgan fingerprint density at radius 3 is 3.00 bits per heavy atom. The molecule has 0 radical (unpaired) electrons. The number of hydrogen-bond donors (Lipinski definition) is 1. The van der Waals surface area contributed by atoms with Crippen molar-refractivity contribution >= 4 is 0 Å². The van der Waals surface area contributed by atoms with E-state index >= 15 is 0 Å². The van der Waals surface area contributed by atoms with Crippen molar-refractivity contribution in [2.24, 2.45) is 0 Å². The lowest BCUT2D eigenvalue weighted by atomic mass is 10.2. The van der Waals surface area contributed by atoms with Gasteiger partial charge in [-0.3, -0.25) is 4.98 Å². The van der Waals surface area contributed by atoms with Gasteiger partial charge in [-0.25, -0.2) is 0 Å². The van der Waals surface area contributed by atoms with Crippen LogP contribution in [0.5, 0.6) is 0 Å². The lowest BCUT2D eigenvalue weighted by Gasteiger charge is -2.16. The first kappa shape index (κ1) is 12.5. The van der Waals surface area contributed by atoms with Gasteiger partial charge >= 0.3 is 0 Å². The van der Waals surface area contributed by atoms with Gasteiger partial charge in [0.25, 0.3) is 0 Å². The fourth-order valence-corrected chi connectivity index (χ4v) is 2.39. The fourth-order valence-electron chi connectivity index (χ4n) is 2.39. The van der Waals surface area contributed by atoms with Crippen molar-refractivity contribution in [3.63, 3.8) is 0 Å². The molecule has 0 spiro atoms. The lowest BCUT2D eigenvalue weighted by Crippen LogP contribution is -2.33. The van der Waals surface area contributed by atoms with Crippen LogP contribution in [0.2, 0.25) is 0 Å². The van der Waals surface area contributed by atoms with E-state index in [4.69, 9.17) is 0 Å². The number of pyridine rings is 1. The fraction of sp³-hybridized carbons (Fsp3) is 0.643. The molecule has 1 N–H and O–H groups in total. The van der Waals surface area contributed by atoms with E-state index in [0.29, 0.717) is 6.04 Å². The molecule has 0 amide bonds. The second-order valence-electron chi connectivity index (χ2n) is 4.85. The topological polar surface area (TPSA) is 28.2 Å². The quantitative estimate of drug-likeness (QED) is 0.810. The van der Waals surface area contributed by atoms with Crippen molar-refractivity contribution < 1.29 is 0 Å². The first-order valence-electron chi connectivity index (χ1n) is 6.73. The predicted molar refractivity (Wildman–Crippen MR) is 71.1 cm³/mol. The molecular weight excluding hydrogens is 210 g/mol. The van der Waals surface area contributed by atoms with Gasteiger partial charge in [0.15, 0.2) is 0 Å². The summed E-state index contributed by atoms with van der Waals surface area (Å²) < 4.78 is 0. The van der Waals surface area contributed by atoms with E-state index in [2.05, 4.69) is 34.3 Å². The average Bonchev–Trinajstić information content (AvgIpc) is 2.83. The van der Waals surface area contributed by atoms with Crippen molar-refractivity contribution in [2.75, 3.05) is 26.2 Å². The van der Waals surface area contributed by atoms with Crippen molar-refractivity contribution in [2.45, 2.75) is 32.2 Å². The van der Waals surface area contributed by atoms with Crippen molar-refractivity contribution in [1.82, 2.24) is 15.2 Å². The van der Waals surface area contributed by atoms with Gasteiger partial charge in [-0.2, -0.15) is 0 Å². The van der Waals surface area contributed by atoms with Crippen LogP contribution in [0.1, 0.15) is 25.3 Å². The molecule has 1 atom stereocenters. The number of nitrogens with zero attached hydrogens (tertiary/aromatic N) is 2. The minimum Gasteiger partial charge on any atom is -0.313 e. The molecule has 2 rings (SSSR count). The number of rotatable bonds is 6. The molecule has 3 nitrogen and oxygen atoms in total. The molecule has 0 bridgehead atoms. The number of hydrogen-bond acceptors (Lipinski definition) is 3. The van der Waals surface area contributed by atoms with Gasteiger partial charge in [0.05, 0.1) is 0 Å². The summed E-state index contributed by atoms with van der Waals surface area (Å²) in [5, 5.41) is 3.61. The first-order valence-corrected chi connectivity index (χ1v) is 6.73. The van der Waals surface area contributed by atoms with Crippen molar-refractivity contribution in [1.29, 1.82) is 0 Å². The summed E-state index contributed by atoms with van der Waals surface area (Å²) in [6.45, 7) is 7.01. The summed E-state index contributed by atoms with van der Waals surface area (Å²) in [7, 11) is 0. The normalized spacial score (nSPS) is 20.9. The molecule has 2 heterocycles. The lowest BCUT2D eigenvalue weighted by molar-refractivity contribution is 0.332. The molecule has 1 unspecified atom stereocenters. The van der Waals surface area contributed by atoms with E-state index in [0.717, 1.165) is 13.0 Å². The zero-order valence-electron chi connectivity index (χ0n) is 10.7. The molecule has 1 aromatic heterocycles. The van der Waals surface area contributed by atoms with Crippen LogP contribution in [0, 0.1) is 0 Å². The number of nitrogens with one attached hydrogen (secondary N) is 1. The molecule has 1 aliphatic rings. The molecule has 17 heavy (non-hydrogen) atoms. The van der Waals surface area contributed by atoms with E-state index in [1.165, 1.54) is 38.0 Å². The molecular formula is C14H23N3. The van der Waals surface area contributed by atoms with Crippen LogP contribution in [0.3, 0.4) is 0 Å². The summed E-state index contributed by atoms with van der Waals surface area (Å²) >= 11 is 0. The van der Waals surface area contributed by atoms with Crippen LogP contribution < -0.4 is 5.32 Å². The maximum atomic E-state index is 4.05. The molecule has 94 valence electrons. The third-order valence-electron chi connectivity index (χ3n) is 3.42. The van der Waals surface area contributed by atoms with E-state index in [1.807, 2.05) is 12.4 Å². The van der Waals surface area contributed by atoms with Crippen LogP contribution in [-0.2, 0) is 6.42 Å². The largest absolute Gasteiger partial charge is 0.313 e. The molecule has 1 fully saturated rings. The van der Waals surface area contributed by atoms with E-state index < -0.39 is 0 Å². The van der Waals surface area contributed by atoms with Gasteiger partial charge in [-0.05, 0) is 50.0 Å². The molecule has 0 aliphatic carbocycles. The van der Waals surface area contributed by atoms with Crippen LogP contribution in [0.25, 0.3) is 0 Å². The second-order valence-corrected chi connectivity index (χ2v) is 4.85. The number of likely N-dealkylation sites (tertiary alicyclic amines) is 1. The summed E-state index contributed by atoms with van der Waals surface area (Å²) in [5.41, 5.74) is 1.39. The Balaban J connectivity index is 1.68. The predicted octanol–water partition coefficient (Wildman–Crippen LogP) is 1.70. The van der Waals surface area contributed by atoms with Gasteiger partial charge in [-0.15, -0.1) is 0 Å². The van der Waals surface area contributed by atoms with Gasteiger partial charge in [-0.1, -0.05) is 6.92 Å². The summed E-state index contributed by atoms with van der Waals surface area (Å²) in [5.74, 6) is 0. The highest BCUT2D eigenvalue weighted by atomic mass is 15.2. The third kappa shape index (κ3) is 4.10. The summed E-state index contributed by atoms with van der Waals surface area (Å²) in [4.78, 5) is 6.61. The zero-order valence-corrected chi connectivity index (χ0v) is 10.7. The van der Waals surface area contributed by atoms with Gasteiger partial charge < -0.3 is 10.2 Å². The molecule has 0 saturated carbocycles. The maximum Gasteiger partial charge on any atom is 0.0270 e. The highest BCUT2D eigenvalue weighted by molar-refractivity contribution is 5.10. The van der Waals surface area contributed by atoms with E-state index in [1.54, 1.807) is 0 Å². The Kier molecular flexibility index (Phi) is 4.95. The van der Waals surface area contributed by atoms with Crippen LogP contribution >= 0.6 is 0 Å². The van der Waals surface area contributed by atoms with Crippen LogP contribution in [0.4, 0.5) is 0 Å². The standard InChI is InChI=1S/C14H23N3/c1-2-7-16-14-6-11-17(12-14)10-5-13-3-8-15-9-4-13/h3-4,8-9,14,16H,2,5-7,10-12H2,1H3. The summed E-state index contributed by atoms with van der Waals surface area (Å²) in [6, 6.07) is 4.94. The van der Waals surface area contributed by atoms with Crippen LogP contribution in [-0.4, -0.2) is 42.1 Å². The van der Waals surface area contributed by atoms with Gasteiger partial charge in [0, 0.05) is 31.5 Å². The minimum atomic E-state index is 0.715. The highest BCUT2D eigenvalue weighted by Gasteiger charge is 2.20. The zero-order chi connectivity index (χ0) is 11.9. The Morgan fingerprint density at radius 2 is 2.24 bits per heavy atom. The minimum absolute atomic E-state index is 0.715. The Labute approximate surface area is 104 Å². The maximum absolute atomic E-state index is 4.05. The van der Waals surface area contributed by atoms with E-state index in [-0.39, 0.29) is 0 Å². The Morgan fingerprint density at radius 1 is 1.41 bits per heavy atom. The second kappa shape index (κ2) is 6.72. The Bertz CT molecular complexity index is 313. The van der Waals surface area contributed by atoms with Gasteiger partial charge in [0.2, 0.25) is 0 Å². The highest BCUT2D eigenvalue weighted by Crippen LogP contribution is 2.10. The molecule has 0 aromatic carbocycles. The first-order chi connectivity index (χ1) is 8.38. The van der Waals surface area contributed by atoms with Crippen molar-refractivity contribution in [3.8, 4) is 0 Å². The van der Waals surface area contributed by atoms with Crippen LogP contribution in [0.15, 0.2) is 24.5 Å². The molecule has 1 aliphatic heterocycles. The smallest absolute Gasteiger partial charge is 0.0270 e. The van der Waals surface area contributed by atoms with Gasteiger partial charge in [0.1, 0.15) is 0 Å². The third-order valence-corrected chi connectivity index (χ3v) is 3.42. The van der Waals surface area contributed by atoms with E-state index in [9.17, 15) is 0 Å². The Hall–Kier alpha value is -0.930. The average molecular weight is 233 g/mol. The molecule has 1 aromatic rings. The number of aromatic nitrogens is 1. The monoisotopic (exact) mass is 233 g/mol.